The highest BCUT2D eigenvalue weighted by atomic mass is 31.2. The summed E-state index contributed by atoms with van der Waals surface area (Å²) in [5.74, 6) is 0. The smallest absolute Gasteiger partial charge is 0.368 e. The van der Waals surface area contributed by atoms with E-state index in [0.29, 0.717) is 0 Å². The molecule has 0 aliphatic heterocycles. The van der Waals surface area contributed by atoms with Crippen LogP contribution in [-0.2, 0) is 9.13 Å². The van der Waals surface area contributed by atoms with Crippen molar-refractivity contribution < 1.29 is 39.5 Å². The third kappa shape index (κ3) is 2.85. The molecule has 0 aliphatic rings. The Labute approximate surface area is 80.1 Å². The number of quaternary nitrogens is 1. The number of hydrogen-bond acceptors (Lipinski definition) is 3. The molecule has 0 atom stereocenters. The fourth-order valence-electron chi connectivity index (χ4n) is 0.823. The van der Waals surface area contributed by atoms with E-state index in [2.05, 4.69) is 5.73 Å². The van der Waals surface area contributed by atoms with Crippen molar-refractivity contribution in [3.8, 4) is 0 Å². The summed E-state index contributed by atoms with van der Waals surface area (Å²) >= 11 is 0. The van der Waals surface area contributed by atoms with Crippen molar-refractivity contribution >= 4 is 15.2 Å². The minimum Gasteiger partial charge on any atom is -0.368 e. The SMILES string of the molecule is [NH3+]CCCC(O)(P(=O)(O)O)P(=O)(O)O. The summed E-state index contributed by atoms with van der Waals surface area (Å²) in [4.78, 5) is 34.6. The Hall–Kier alpha value is 0.220. The minimum atomic E-state index is -5.27. The second-order valence-electron chi connectivity index (χ2n) is 2.82. The third-order valence-electron chi connectivity index (χ3n) is 1.70. The zero-order chi connectivity index (χ0) is 11.6. The van der Waals surface area contributed by atoms with E-state index >= 15 is 0 Å². The van der Waals surface area contributed by atoms with Crippen molar-refractivity contribution in [2.24, 2.45) is 0 Å². The molecule has 0 aromatic carbocycles. The Bertz CT molecular complexity index is 257. The molecule has 0 unspecified atom stereocenters. The molecule has 0 fully saturated rings. The van der Waals surface area contributed by atoms with Crippen LogP contribution in [0.4, 0.5) is 0 Å². The van der Waals surface area contributed by atoms with E-state index in [9.17, 15) is 14.2 Å². The molecule has 0 rings (SSSR count). The molecular weight excluding hydrogens is 236 g/mol. The van der Waals surface area contributed by atoms with Gasteiger partial charge in [-0.05, 0) is 0 Å². The van der Waals surface area contributed by atoms with Crippen molar-refractivity contribution in [2.75, 3.05) is 6.54 Å². The first kappa shape index (κ1) is 14.2. The van der Waals surface area contributed by atoms with Gasteiger partial charge in [-0.3, -0.25) is 9.13 Å². The largest absolute Gasteiger partial charge is 0.369 e. The van der Waals surface area contributed by atoms with Crippen molar-refractivity contribution in [2.45, 2.75) is 17.9 Å². The molecule has 8 N–H and O–H groups in total. The summed E-state index contributed by atoms with van der Waals surface area (Å²) < 4.78 is 21.5. The lowest BCUT2D eigenvalue weighted by Crippen LogP contribution is -2.50. The molecule has 10 heteroatoms. The van der Waals surface area contributed by atoms with Gasteiger partial charge in [-0.15, -0.1) is 0 Å². The average molecular weight is 250 g/mol. The van der Waals surface area contributed by atoms with Gasteiger partial charge in [-0.25, -0.2) is 0 Å². The fraction of sp³-hybridized carbons (Fsp3) is 1.00. The number of rotatable bonds is 5. The molecule has 14 heavy (non-hydrogen) atoms. The maximum atomic E-state index is 10.7. The van der Waals surface area contributed by atoms with Crippen LogP contribution in [0.15, 0.2) is 0 Å². The van der Waals surface area contributed by atoms with Gasteiger partial charge in [0.25, 0.3) is 5.08 Å². The molecule has 0 aliphatic carbocycles. The zero-order valence-corrected chi connectivity index (χ0v) is 9.06. The lowest BCUT2D eigenvalue weighted by molar-refractivity contribution is -0.368. The molecule has 0 amide bonds. The molecule has 0 aromatic rings. The van der Waals surface area contributed by atoms with Crippen LogP contribution >= 0.6 is 15.2 Å². The van der Waals surface area contributed by atoms with Gasteiger partial charge in [0.1, 0.15) is 0 Å². The van der Waals surface area contributed by atoms with Crippen LogP contribution in [0.25, 0.3) is 0 Å². The van der Waals surface area contributed by atoms with E-state index in [1.807, 2.05) is 0 Å². The molecule has 0 spiro atoms. The van der Waals surface area contributed by atoms with E-state index in [0.717, 1.165) is 0 Å². The van der Waals surface area contributed by atoms with Gasteiger partial charge in [0.2, 0.25) is 0 Å². The predicted molar refractivity (Wildman–Crippen MR) is 46.0 cm³/mol. The zero-order valence-electron chi connectivity index (χ0n) is 7.28. The lowest BCUT2D eigenvalue weighted by atomic mass is 10.3. The Kier molecular flexibility index (Phi) is 4.45. The van der Waals surface area contributed by atoms with Gasteiger partial charge in [-0.2, -0.15) is 0 Å². The van der Waals surface area contributed by atoms with E-state index in [1.165, 1.54) is 0 Å². The second kappa shape index (κ2) is 4.38. The fourth-order valence-corrected chi connectivity index (χ4v) is 3.08. The second-order valence-corrected chi connectivity index (χ2v) is 6.83. The third-order valence-corrected chi connectivity index (χ3v) is 5.57. The Morgan fingerprint density at radius 2 is 1.43 bits per heavy atom. The first-order valence-electron chi connectivity index (χ1n) is 3.69. The van der Waals surface area contributed by atoms with Gasteiger partial charge < -0.3 is 30.4 Å². The lowest BCUT2D eigenvalue weighted by Gasteiger charge is -2.28. The number of aliphatic hydroxyl groups is 1. The van der Waals surface area contributed by atoms with Crippen LogP contribution in [0.3, 0.4) is 0 Å². The molecule has 8 nitrogen and oxygen atoms in total. The maximum absolute atomic E-state index is 10.7. The first-order chi connectivity index (χ1) is 6.06. The van der Waals surface area contributed by atoms with Gasteiger partial charge in [0.15, 0.2) is 0 Å². The molecule has 86 valence electrons. The quantitative estimate of drug-likeness (QED) is 0.307. The van der Waals surface area contributed by atoms with E-state index in [1.54, 1.807) is 0 Å². The highest BCUT2D eigenvalue weighted by molar-refractivity contribution is 7.72. The van der Waals surface area contributed by atoms with Gasteiger partial charge in [0, 0.05) is 12.8 Å². The maximum Gasteiger partial charge on any atom is 0.369 e. The van der Waals surface area contributed by atoms with Crippen LogP contribution in [-0.4, -0.2) is 36.3 Å². The van der Waals surface area contributed by atoms with Gasteiger partial charge in [0.05, 0.1) is 6.54 Å². The summed E-state index contributed by atoms with van der Waals surface area (Å²) in [5.41, 5.74) is 3.34. The van der Waals surface area contributed by atoms with Crippen LogP contribution in [0.5, 0.6) is 0 Å². The van der Waals surface area contributed by atoms with Crippen molar-refractivity contribution in [1.29, 1.82) is 0 Å². The summed E-state index contributed by atoms with van der Waals surface area (Å²) in [6, 6.07) is 0. The number of hydrogen-bond donors (Lipinski definition) is 6. The molecule has 0 bridgehead atoms. The van der Waals surface area contributed by atoms with E-state index < -0.39 is 26.7 Å². The van der Waals surface area contributed by atoms with Crippen LogP contribution in [0.1, 0.15) is 12.8 Å². The molecular formula is C4H14NO7P2+. The van der Waals surface area contributed by atoms with E-state index in [-0.39, 0.29) is 13.0 Å². The van der Waals surface area contributed by atoms with Crippen molar-refractivity contribution in [3.63, 3.8) is 0 Å². The van der Waals surface area contributed by atoms with Crippen LogP contribution < -0.4 is 5.73 Å². The van der Waals surface area contributed by atoms with Crippen LogP contribution in [0.2, 0.25) is 0 Å². The Balaban J connectivity index is 5.08. The predicted octanol–water partition coefficient (Wildman–Crippen LogP) is -1.99. The summed E-state index contributed by atoms with van der Waals surface area (Å²) in [7, 11) is -10.5. The minimum absolute atomic E-state index is 0.00667. The molecule has 0 saturated heterocycles. The first-order valence-corrected chi connectivity index (χ1v) is 6.91. The molecule has 0 heterocycles. The monoisotopic (exact) mass is 250 g/mol. The van der Waals surface area contributed by atoms with Crippen molar-refractivity contribution in [3.05, 3.63) is 0 Å². The Morgan fingerprint density at radius 3 is 1.64 bits per heavy atom. The Morgan fingerprint density at radius 1 is 1.07 bits per heavy atom. The van der Waals surface area contributed by atoms with Gasteiger partial charge >= 0.3 is 15.2 Å². The average Bonchev–Trinajstić information content (AvgIpc) is 1.95. The van der Waals surface area contributed by atoms with Gasteiger partial charge in [-0.1, -0.05) is 0 Å². The topological polar surface area (TPSA) is 163 Å². The molecule has 0 radical (unpaired) electrons. The molecule has 0 aromatic heterocycles. The normalized spacial score (nSPS) is 14.4. The standard InChI is InChI=1S/C4H13NO7P2/c5-3-1-2-4(6,13(7,8)9)14(10,11)12/h6H,1-3,5H2,(H2,7,8,9)(H2,10,11,12)/p+1. The summed E-state index contributed by atoms with van der Waals surface area (Å²) in [5, 5.41) is 5.98. The van der Waals surface area contributed by atoms with E-state index in [4.69, 9.17) is 19.6 Å². The van der Waals surface area contributed by atoms with Crippen LogP contribution in [0, 0.1) is 0 Å². The summed E-state index contributed by atoms with van der Waals surface area (Å²) in [6.07, 6.45) is -0.683. The highest BCUT2D eigenvalue weighted by Gasteiger charge is 2.58. The highest BCUT2D eigenvalue weighted by Crippen LogP contribution is 2.69. The molecule has 0 saturated carbocycles. The summed E-state index contributed by atoms with van der Waals surface area (Å²) in [6.45, 7) is 0.211. The van der Waals surface area contributed by atoms with Crippen molar-refractivity contribution in [1.82, 2.24) is 0 Å².